The van der Waals surface area contributed by atoms with E-state index in [0.717, 1.165) is 12.8 Å². The third-order valence-corrected chi connectivity index (χ3v) is 7.06. The van der Waals surface area contributed by atoms with Crippen molar-refractivity contribution >= 4 is 17.9 Å². The van der Waals surface area contributed by atoms with E-state index in [1.165, 1.54) is 83.5 Å². The maximum absolute atomic E-state index is 11.1. The minimum atomic E-state index is -0.948. The summed E-state index contributed by atoms with van der Waals surface area (Å²) >= 11 is 0. The van der Waals surface area contributed by atoms with E-state index in [1.807, 2.05) is 0 Å². The zero-order chi connectivity index (χ0) is 26.9. The predicted octanol–water partition coefficient (Wildman–Crippen LogP) is 7.05. The second kappa shape index (κ2) is 23.5. The molecule has 0 unspecified atom stereocenters. The lowest BCUT2D eigenvalue weighted by Crippen LogP contribution is -2.52. The number of carboxylic acid groups (broad SMARTS) is 3. The van der Waals surface area contributed by atoms with Crippen molar-refractivity contribution in [3.63, 3.8) is 0 Å². The second-order valence-electron chi connectivity index (χ2n) is 10.3. The van der Waals surface area contributed by atoms with Crippen molar-refractivity contribution in [3.8, 4) is 0 Å². The Balaban J connectivity index is 4.06. The molecule has 7 heteroatoms. The van der Waals surface area contributed by atoms with Gasteiger partial charge in [0.15, 0.2) is 0 Å². The van der Waals surface area contributed by atoms with Gasteiger partial charge in [-0.1, -0.05) is 103 Å². The number of hydrogen-bond acceptors (Lipinski definition) is 3. The van der Waals surface area contributed by atoms with E-state index < -0.39 is 17.9 Å². The van der Waals surface area contributed by atoms with Crippen LogP contribution in [-0.2, 0) is 14.4 Å². The van der Waals surface area contributed by atoms with Gasteiger partial charge in [-0.05, 0) is 12.8 Å². The van der Waals surface area contributed by atoms with Gasteiger partial charge in [-0.2, -0.15) is 0 Å². The third kappa shape index (κ3) is 22.6. The lowest BCUT2D eigenvalue weighted by molar-refractivity contribution is -0.926. The number of hydrogen-bond donors (Lipinski definition) is 3. The van der Waals surface area contributed by atoms with E-state index in [9.17, 15) is 14.4 Å². The number of rotatable bonds is 27. The molecule has 0 spiro atoms. The van der Waals surface area contributed by atoms with Gasteiger partial charge in [0.2, 0.25) is 0 Å². The summed E-state index contributed by atoms with van der Waals surface area (Å²) in [6, 6.07) is 0. The molecule has 0 aliphatic heterocycles. The highest BCUT2D eigenvalue weighted by Crippen LogP contribution is 2.16. The van der Waals surface area contributed by atoms with Crippen LogP contribution < -0.4 is 0 Å². The number of carbonyl (C=O) groups is 3. The smallest absolute Gasteiger partial charge is 0.309 e. The summed E-state index contributed by atoms with van der Waals surface area (Å²) in [6.07, 6.45) is 24.4. The molecule has 0 rings (SSSR count). The first kappa shape index (κ1) is 34.1. The van der Waals surface area contributed by atoms with Crippen LogP contribution >= 0.6 is 0 Å². The average molecular weight is 513 g/mol. The fourth-order valence-electron chi connectivity index (χ4n) is 4.71. The quantitative estimate of drug-likeness (QED) is 0.0618. The van der Waals surface area contributed by atoms with Crippen molar-refractivity contribution < 1.29 is 34.2 Å². The van der Waals surface area contributed by atoms with E-state index in [1.54, 1.807) is 0 Å². The number of carboxylic acids is 3. The fourth-order valence-corrected chi connectivity index (χ4v) is 4.71. The molecule has 0 atom stereocenters. The van der Waals surface area contributed by atoms with Crippen LogP contribution in [0, 0.1) is 0 Å². The van der Waals surface area contributed by atoms with Gasteiger partial charge in [-0.3, -0.25) is 14.4 Å². The van der Waals surface area contributed by atoms with Gasteiger partial charge in [0, 0.05) is 6.42 Å². The Morgan fingerprint density at radius 2 is 0.833 bits per heavy atom. The van der Waals surface area contributed by atoms with Crippen molar-refractivity contribution in [2.24, 2.45) is 0 Å². The zero-order valence-electron chi connectivity index (χ0n) is 22.9. The molecule has 0 bridgehead atoms. The number of allylic oxidation sites excluding steroid dienone is 1. The highest BCUT2D eigenvalue weighted by Gasteiger charge is 2.29. The molecule has 0 aliphatic carbocycles. The molecule has 0 aromatic rings. The highest BCUT2D eigenvalue weighted by molar-refractivity contribution is 5.67. The molecule has 0 saturated heterocycles. The fraction of sp³-hybridized carbons (Fsp3) is 0.828. The maximum Gasteiger partial charge on any atom is 0.309 e. The van der Waals surface area contributed by atoms with Crippen molar-refractivity contribution in [3.05, 3.63) is 12.2 Å². The lowest BCUT2D eigenvalue weighted by atomic mass is 10.0. The van der Waals surface area contributed by atoms with Gasteiger partial charge < -0.3 is 19.8 Å². The Bertz CT molecular complexity index is 559. The molecule has 0 saturated carbocycles. The first-order chi connectivity index (χ1) is 17.3. The molecular weight excluding hydrogens is 458 g/mol. The molecule has 0 aromatic carbocycles. The predicted molar refractivity (Wildman–Crippen MR) is 145 cm³/mol. The van der Waals surface area contributed by atoms with Crippen molar-refractivity contribution in [2.45, 2.75) is 129 Å². The molecule has 210 valence electrons. The van der Waals surface area contributed by atoms with Crippen LogP contribution in [0.25, 0.3) is 0 Å². The summed E-state index contributed by atoms with van der Waals surface area (Å²) in [7, 11) is 0. The van der Waals surface area contributed by atoms with Crippen LogP contribution in [0.4, 0.5) is 0 Å². The minimum absolute atomic E-state index is 0.0952. The standard InChI is InChI=1S/C29H53NO6/c1-2-3-4-5-6-7-8-9-10-11-12-13-14-15-16-17-18-19-23-30(24-20-27(31)32,25-21-28(33)34)26-22-29(35)36/h17-18H,2-16,19-26H2,1H3,(H2-,31,32,33,34,35,36)/p+1/b18-17+. The van der Waals surface area contributed by atoms with E-state index >= 15 is 0 Å². The summed E-state index contributed by atoms with van der Waals surface area (Å²) in [5.74, 6) is -2.84. The minimum Gasteiger partial charge on any atom is -0.481 e. The van der Waals surface area contributed by atoms with Crippen LogP contribution in [0.2, 0.25) is 0 Å². The van der Waals surface area contributed by atoms with E-state index in [4.69, 9.17) is 15.3 Å². The van der Waals surface area contributed by atoms with Gasteiger partial charge in [0.1, 0.15) is 0 Å². The number of nitrogens with zero attached hydrogens (tertiary/aromatic N) is 1. The summed E-state index contributed by atoms with van der Waals surface area (Å²) in [5, 5.41) is 27.3. The van der Waals surface area contributed by atoms with Crippen LogP contribution in [0.1, 0.15) is 129 Å². The maximum atomic E-state index is 11.1. The third-order valence-electron chi connectivity index (χ3n) is 7.06. The zero-order valence-corrected chi connectivity index (χ0v) is 22.9. The molecule has 0 fully saturated rings. The second-order valence-corrected chi connectivity index (χ2v) is 10.3. The molecule has 3 N–H and O–H groups in total. The average Bonchev–Trinajstić information content (AvgIpc) is 2.83. The SMILES string of the molecule is CCCCCCCCCCCCCCCC/C=C/CC[N+](CCC(=O)O)(CCC(=O)O)CCC(=O)O. The Morgan fingerprint density at radius 3 is 1.19 bits per heavy atom. The first-order valence-electron chi connectivity index (χ1n) is 14.5. The van der Waals surface area contributed by atoms with Crippen LogP contribution in [0.5, 0.6) is 0 Å². The number of aliphatic carboxylic acids is 3. The number of quaternary nitrogens is 1. The topological polar surface area (TPSA) is 112 Å². The molecule has 0 heterocycles. The molecule has 0 aromatic heterocycles. The Morgan fingerprint density at radius 1 is 0.500 bits per heavy atom. The van der Waals surface area contributed by atoms with E-state index in [-0.39, 0.29) is 43.4 Å². The molecule has 0 amide bonds. The summed E-state index contributed by atoms with van der Waals surface area (Å²) in [4.78, 5) is 33.3. The normalized spacial score (nSPS) is 11.8. The van der Waals surface area contributed by atoms with Crippen molar-refractivity contribution in [1.29, 1.82) is 0 Å². The van der Waals surface area contributed by atoms with Gasteiger partial charge in [-0.15, -0.1) is 0 Å². The summed E-state index contributed by atoms with van der Waals surface area (Å²) < 4.78 is 0.216. The lowest BCUT2D eigenvalue weighted by Gasteiger charge is -2.37. The summed E-state index contributed by atoms with van der Waals surface area (Å²) in [6.45, 7) is 3.58. The van der Waals surface area contributed by atoms with Crippen LogP contribution in [0.15, 0.2) is 12.2 Å². The van der Waals surface area contributed by atoms with Crippen molar-refractivity contribution in [2.75, 3.05) is 26.2 Å². The molecule has 7 nitrogen and oxygen atoms in total. The Hall–Kier alpha value is -1.89. The summed E-state index contributed by atoms with van der Waals surface area (Å²) in [5.41, 5.74) is 0. The molecular formula is C29H54NO6+. The Kier molecular flexibility index (Phi) is 22.3. The van der Waals surface area contributed by atoms with E-state index in [2.05, 4.69) is 19.1 Å². The van der Waals surface area contributed by atoms with Crippen LogP contribution in [-0.4, -0.2) is 63.9 Å². The highest BCUT2D eigenvalue weighted by atomic mass is 16.4. The van der Waals surface area contributed by atoms with Gasteiger partial charge >= 0.3 is 17.9 Å². The van der Waals surface area contributed by atoms with Gasteiger partial charge in [0.25, 0.3) is 0 Å². The Labute approximate surface area is 219 Å². The van der Waals surface area contributed by atoms with Crippen molar-refractivity contribution in [1.82, 2.24) is 0 Å². The van der Waals surface area contributed by atoms with Gasteiger partial charge in [-0.25, -0.2) is 0 Å². The first-order valence-corrected chi connectivity index (χ1v) is 14.5. The van der Waals surface area contributed by atoms with Gasteiger partial charge in [0.05, 0.1) is 45.4 Å². The molecule has 36 heavy (non-hydrogen) atoms. The number of unbranched alkanes of at least 4 members (excludes halogenated alkanes) is 14. The molecule has 0 radical (unpaired) electrons. The molecule has 0 aliphatic rings. The largest absolute Gasteiger partial charge is 0.481 e. The van der Waals surface area contributed by atoms with E-state index in [0.29, 0.717) is 13.0 Å². The van der Waals surface area contributed by atoms with Crippen LogP contribution in [0.3, 0.4) is 0 Å². The monoisotopic (exact) mass is 512 g/mol.